The number of aryl methyl sites for hydroxylation is 1. The Labute approximate surface area is 102 Å². The minimum atomic E-state index is -0.210. The first-order valence-electron chi connectivity index (χ1n) is 5.95. The van der Waals surface area contributed by atoms with E-state index in [1.54, 1.807) is 11.0 Å². The summed E-state index contributed by atoms with van der Waals surface area (Å²) in [7, 11) is 1.82. The molecule has 1 amide bonds. The maximum Gasteiger partial charge on any atom is 0.239 e. The van der Waals surface area contributed by atoms with Crippen molar-refractivity contribution in [2.45, 2.75) is 33.4 Å². The van der Waals surface area contributed by atoms with Crippen molar-refractivity contribution in [3.05, 3.63) is 12.2 Å². The van der Waals surface area contributed by atoms with Crippen LogP contribution in [-0.2, 0) is 18.4 Å². The fourth-order valence-corrected chi connectivity index (χ4v) is 1.61. The molecular weight excluding hydrogens is 218 g/mol. The first-order valence-corrected chi connectivity index (χ1v) is 5.95. The quantitative estimate of drug-likeness (QED) is 0.768. The van der Waals surface area contributed by atoms with Gasteiger partial charge in [0.2, 0.25) is 5.91 Å². The summed E-state index contributed by atoms with van der Waals surface area (Å²) in [5.41, 5.74) is 0. The van der Waals surface area contributed by atoms with Crippen LogP contribution in [-0.4, -0.2) is 44.7 Å². The largest absolute Gasteiger partial charge is 0.342 e. The van der Waals surface area contributed by atoms with Gasteiger partial charge in [-0.3, -0.25) is 14.8 Å². The molecule has 1 atom stereocenters. The first-order chi connectivity index (χ1) is 8.08. The molecule has 0 bridgehead atoms. The number of hydrogen-bond acceptors (Lipinski definition) is 4. The van der Waals surface area contributed by atoms with E-state index >= 15 is 0 Å². The van der Waals surface area contributed by atoms with E-state index < -0.39 is 0 Å². The highest BCUT2D eigenvalue weighted by atomic mass is 16.2. The van der Waals surface area contributed by atoms with Crippen LogP contribution in [0, 0.1) is 0 Å². The summed E-state index contributed by atoms with van der Waals surface area (Å²) in [5, 5.41) is 7.28. The summed E-state index contributed by atoms with van der Waals surface area (Å²) in [6, 6.07) is -0.210. The average molecular weight is 239 g/mol. The van der Waals surface area contributed by atoms with Gasteiger partial charge in [-0.2, -0.15) is 5.10 Å². The van der Waals surface area contributed by atoms with Crippen LogP contribution in [0.1, 0.15) is 26.6 Å². The second kappa shape index (κ2) is 6.34. The van der Waals surface area contributed by atoms with E-state index in [1.165, 1.54) is 0 Å². The van der Waals surface area contributed by atoms with Gasteiger partial charge in [0.25, 0.3) is 0 Å². The van der Waals surface area contributed by atoms with Crippen molar-refractivity contribution in [1.82, 2.24) is 25.0 Å². The third kappa shape index (κ3) is 3.81. The molecule has 17 heavy (non-hydrogen) atoms. The van der Waals surface area contributed by atoms with Gasteiger partial charge < -0.3 is 4.90 Å². The SMILES string of the molecule is CCN(CC)C(=O)C(C)NCc1ncn(C)n1. The van der Waals surface area contributed by atoms with Gasteiger partial charge in [-0.1, -0.05) is 0 Å². The molecule has 1 aromatic rings. The van der Waals surface area contributed by atoms with Crippen molar-refractivity contribution in [2.24, 2.45) is 7.05 Å². The van der Waals surface area contributed by atoms with Crippen LogP contribution in [0.5, 0.6) is 0 Å². The minimum absolute atomic E-state index is 0.117. The third-order valence-corrected chi connectivity index (χ3v) is 2.66. The molecule has 6 nitrogen and oxygen atoms in total. The zero-order valence-corrected chi connectivity index (χ0v) is 11.0. The van der Waals surface area contributed by atoms with Crippen LogP contribution < -0.4 is 5.32 Å². The van der Waals surface area contributed by atoms with E-state index in [9.17, 15) is 4.79 Å². The van der Waals surface area contributed by atoms with Gasteiger partial charge in [0, 0.05) is 20.1 Å². The fourth-order valence-electron chi connectivity index (χ4n) is 1.61. The lowest BCUT2D eigenvalue weighted by molar-refractivity contribution is -0.132. The highest BCUT2D eigenvalue weighted by Crippen LogP contribution is 1.96. The van der Waals surface area contributed by atoms with Gasteiger partial charge in [-0.15, -0.1) is 0 Å². The molecule has 0 saturated heterocycles. The summed E-state index contributed by atoms with van der Waals surface area (Å²) >= 11 is 0. The maximum atomic E-state index is 11.9. The number of rotatable bonds is 6. The minimum Gasteiger partial charge on any atom is -0.342 e. The van der Waals surface area contributed by atoms with Crippen LogP contribution in [0.4, 0.5) is 0 Å². The van der Waals surface area contributed by atoms with Gasteiger partial charge in [-0.25, -0.2) is 4.98 Å². The van der Waals surface area contributed by atoms with E-state index in [0.717, 1.165) is 13.1 Å². The van der Waals surface area contributed by atoms with Gasteiger partial charge in [-0.05, 0) is 20.8 Å². The average Bonchev–Trinajstić information content (AvgIpc) is 2.73. The molecule has 1 heterocycles. The third-order valence-electron chi connectivity index (χ3n) is 2.66. The summed E-state index contributed by atoms with van der Waals surface area (Å²) in [4.78, 5) is 17.9. The van der Waals surface area contributed by atoms with E-state index in [-0.39, 0.29) is 11.9 Å². The summed E-state index contributed by atoms with van der Waals surface area (Å²) in [5.74, 6) is 0.817. The number of hydrogen-bond donors (Lipinski definition) is 1. The zero-order valence-electron chi connectivity index (χ0n) is 11.0. The summed E-state index contributed by atoms with van der Waals surface area (Å²) in [6.07, 6.45) is 1.65. The lowest BCUT2D eigenvalue weighted by atomic mass is 10.3. The Morgan fingerprint density at radius 1 is 1.53 bits per heavy atom. The molecule has 0 radical (unpaired) electrons. The molecule has 0 spiro atoms. The molecule has 1 rings (SSSR count). The topological polar surface area (TPSA) is 63.1 Å². The van der Waals surface area contributed by atoms with Gasteiger partial charge >= 0.3 is 0 Å². The Morgan fingerprint density at radius 3 is 2.65 bits per heavy atom. The van der Waals surface area contributed by atoms with Gasteiger partial charge in [0.15, 0.2) is 5.82 Å². The Bertz CT molecular complexity index is 358. The molecule has 1 N–H and O–H groups in total. The molecule has 0 fully saturated rings. The van der Waals surface area contributed by atoms with E-state index in [4.69, 9.17) is 0 Å². The lowest BCUT2D eigenvalue weighted by Crippen LogP contribution is -2.44. The van der Waals surface area contributed by atoms with Crippen LogP contribution in [0.25, 0.3) is 0 Å². The number of amides is 1. The standard InChI is InChI=1S/C11H21N5O/c1-5-16(6-2)11(17)9(3)12-7-10-13-8-15(4)14-10/h8-9,12H,5-7H2,1-4H3. The smallest absolute Gasteiger partial charge is 0.239 e. The van der Waals surface area contributed by atoms with Crippen molar-refractivity contribution in [3.8, 4) is 0 Å². The van der Waals surface area contributed by atoms with Gasteiger partial charge in [0.05, 0.1) is 12.6 Å². The maximum absolute atomic E-state index is 11.9. The number of carbonyl (C=O) groups is 1. The molecule has 0 saturated carbocycles. The number of nitrogens with one attached hydrogen (secondary N) is 1. The van der Waals surface area contributed by atoms with E-state index in [2.05, 4.69) is 15.4 Å². The molecule has 0 aliphatic carbocycles. The van der Waals surface area contributed by atoms with E-state index in [0.29, 0.717) is 12.4 Å². The van der Waals surface area contributed by atoms with Crippen molar-refractivity contribution < 1.29 is 4.79 Å². The lowest BCUT2D eigenvalue weighted by Gasteiger charge is -2.23. The second-order valence-electron chi connectivity index (χ2n) is 3.95. The first kappa shape index (κ1) is 13.6. The van der Waals surface area contributed by atoms with Crippen molar-refractivity contribution in [1.29, 1.82) is 0 Å². The van der Waals surface area contributed by atoms with Crippen LogP contribution >= 0.6 is 0 Å². The Balaban J connectivity index is 2.43. The molecule has 0 aromatic carbocycles. The van der Waals surface area contributed by atoms with Gasteiger partial charge in [0.1, 0.15) is 6.33 Å². The van der Waals surface area contributed by atoms with Crippen LogP contribution in [0.2, 0.25) is 0 Å². The number of carbonyl (C=O) groups excluding carboxylic acids is 1. The summed E-state index contributed by atoms with van der Waals surface area (Å²) < 4.78 is 1.65. The molecule has 6 heteroatoms. The Morgan fingerprint density at radius 2 is 2.18 bits per heavy atom. The zero-order chi connectivity index (χ0) is 12.8. The monoisotopic (exact) mass is 239 g/mol. The Hall–Kier alpha value is -1.43. The van der Waals surface area contributed by atoms with Crippen LogP contribution in [0.15, 0.2) is 6.33 Å². The molecule has 1 aromatic heterocycles. The van der Waals surface area contributed by atoms with Crippen LogP contribution in [0.3, 0.4) is 0 Å². The number of nitrogens with zero attached hydrogens (tertiary/aromatic N) is 4. The Kier molecular flexibility index (Phi) is 5.09. The van der Waals surface area contributed by atoms with Crippen molar-refractivity contribution >= 4 is 5.91 Å². The molecule has 1 unspecified atom stereocenters. The molecule has 0 aliphatic rings. The highest BCUT2D eigenvalue weighted by molar-refractivity contribution is 5.81. The second-order valence-corrected chi connectivity index (χ2v) is 3.95. The molecule has 96 valence electrons. The summed E-state index contributed by atoms with van der Waals surface area (Å²) in [6.45, 7) is 7.81. The predicted octanol–water partition coefficient (Wildman–Crippen LogP) is 0.162. The number of likely N-dealkylation sites (N-methyl/N-ethyl adjacent to an activating group) is 1. The van der Waals surface area contributed by atoms with Crippen molar-refractivity contribution in [2.75, 3.05) is 13.1 Å². The normalized spacial score (nSPS) is 12.5. The fraction of sp³-hybridized carbons (Fsp3) is 0.727. The van der Waals surface area contributed by atoms with E-state index in [1.807, 2.05) is 32.7 Å². The molecular formula is C11H21N5O. The molecule has 0 aliphatic heterocycles. The number of aromatic nitrogens is 3. The highest BCUT2D eigenvalue weighted by Gasteiger charge is 2.17. The predicted molar refractivity (Wildman–Crippen MR) is 65.2 cm³/mol. The van der Waals surface area contributed by atoms with Crippen molar-refractivity contribution in [3.63, 3.8) is 0 Å².